The van der Waals surface area contributed by atoms with Crippen molar-refractivity contribution in [2.75, 3.05) is 0 Å². The number of hydrogen-bond donors (Lipinski definition) is 0. The van der Waals surface area contributed by atoms with Crippen LogP contribution in [-0.2, 0) is 5.41 Å². The van der Waals surface area contributed by atoms with Crippen molar-refractivity contribution >= 4 is 0 Å². The highest BCUT2D eigenvalue weighted by atomic mass is 14.3. The minimum Gasteiger partial charge on any atom is -0.0683 e. The Bertz CT molecular complexity index is 509. The lowest BCUT2D eigenvalue weighted by Gasteiger charge is -2.28. The molecule has 0 aliphatic heterocycles. The van der Waals surface area contributed by atoms with E-state index in [1.807, 2.05) is 13.8 Å². The quantitative estimate of drug-likeness (QED) is 0.608. The second-order valence-corrected chi connectivity index (χ2v) is 6.38. The molecule has 0 aliphatic carbocycles. The molecule has 0 N–H and O–H groups in total. The third-order valence-corrected chi connectivity index (χ3v) is 3.89. The zero-order valence-corrected chi connectivity index (χ0v) is 15.0. The van der Waals surface area contributed by atoms with Crippen LogP contribution in [0.25, 0.3) is 0 Å². The second kappa shape index (κ2) is 6.93. The SMILES string of the molecule is CC.Cc1cc(C)cc(C(C)(C)c2cc(C)cc(C)c2)c1. The van der Waals surface area contributed by atoms with Crippen molar-refractivity contribution in [2.24, 2.45) is 0 Å². The van der Waals surface area contributed by atoms with Gasteiger partial charge in [0.05, 0.1) is 0 Å². The molecule has 0 bridgehead atoms. The van der Waals surface area contributed by atoms with Crippen LogP contribution in [0.15, 0.2) is 36.4 Å². The predicted molar refractivity (Wildman–Crippen MR) is 95.3 cm³/mol. The Morgan fingerprint density at radius 3 is 1.00 bits per heavy atom. The van der Waals surface area contributed by atoms with Crippen LogP contribution in [0.3, 0.4) is 0 Å². The number of rotatable bonds is 2. The Kier molecular flexibility index (Phi) is 5.78. The van der Waals surface area contributed by atoms with Gasteiger partial charge < -0.3 is 0 Å². The fourth-order valence-corrected chi connectivity index (χ4v) is 2.84. The summed E-state index contributed by atoms with van der Waals surface area (Å²) < 4.78 is 0. The highest BCUT2D eigenvalue weighted by molar-refractivity contribution is 5.43. The molecular formula is C21H30. The van der Waals surface area contributed by atoms with Gasteiger partial charge in [-0.2, -0.15) is 0 Å². The molecule has 0 fully saturated rings. The Hall–Kier alpha value is -1.56. The topological polar surface area (TPSA) is 0 Å². The van der Waals surface area contributed by atoms with Gasteiger partial charge in [-0.05, 0) is 38.8 Å². The zero-order valence-electron chi connectivity index (χ0n) is 15.0. The molecular weight excluding hydrogens is 252 g/mol. The van der Waals surface area contributed by atoms with Crippen molar-refractivity contribution in [1.82, 2.24) is 0 Å². The van der Waals surface area contributed by atoms with E-state index in [-0.39, 0.29) is 5.41 Å². The summed E-state index contributed by atoms with van der Waals surface area (Å²) in [6, 6.07) is 13.7. The fraction of sp³-hybridized carbons (Fsp3) is 0.429. The Labute approximate surface area is 131 Å². The molecule has 0 radical (unpaired) electrons. The van der Waals surface area contributed by atoms with Crippen LogP contribution in [-0.4, -0.2) is 0 Å². The molecule has 0 atom stereocenters. The monoisotopic (exact) mass is 282 g/mol. The van der Waals surface area contributed by atoms with Crippen molar-refractivity contribution < 1.29 is 0 Å². The average molecular weight is 282 g/mol. The van der Waals surface area contributed by atoms with Crippen LogP contribution in [0.1, 0.15) is 61.1 Å². The lowest BCUT2D eigenvalue weighted by molar-refractivity contribution is 0.638. The molecule has 0 heterocycles. The van der Waals surface area contributed by atoms with Gasteiger partial charge in [0.1, 0.15) is 0 Å². The summed E-state index contributed by atoms with van der Waals surface area (Å²) in [5.41, 5.74) is 8.21. The summed E-state index contributed by atoms with van der Waals surface area (Å²) in [5.74, 6) is 0. The van der Waals surface area contributed by atoms with Gasteiger partial charge in [-0.15, -0.1) is 0 Å². The maximum absolute atomic E-state index is 2.31. The first-order chi connectivity index (χ1) is 9.79. The summed E-state index contributed by atoms with van der Waals surface area (Å²) in [6.07, 6.45) is 0. The van der Waals surface area contributed by atoms with Crippen molar-refractivity contribution in [1.29, 1.82) is 0 Å². The molecule has 0 amide bonds. The first kappa shape index (κ1) is 17.5. The molecule has 114 valence electrons. The van der Waals surface area contributed by atoms with E-state index in [0.29, 0.717) is 0 Å². The van der Waals surface area contributed by atoms with Crippen LogP contribution in [0, 0.1) is 27.7 Å². The Morgan fingerprint density at radius 2 is 0.762 bits per heavy atom. The van der Waals surface area contributed by atoms with Gasteiger partial charge in [0.25, 0.3) is 0 Å². The standard InChI is InChI=1S/C19H24.C2H6/c1-13-7-14(2)10-17(9-13)19(5,6)18-11-15(3)8-16(4)12-18;1-2/h7-12H,1-6H3;1-2H3. The Balaban J connectivity index is 0.00000106. The lowest BCUT2D eigenvalue weighted by atomic mass is 9.76. The van der Waals surface area contributed by atoms with E-state index >= 15 is 0 Å². The molecule has 0 saturated heterocycles. The van der Waals surface area contributed by atoms with E-state index in [1.165, 1.54) is 33.4 Å². The predicted octanol–water partition coefficient (Wildman–Crippen LogP) is 6.27. The summed E-state index contributed by atoms with van der Waals surface area (Å²) in [5, 5.41) is 0. The molecule has 0 unspecified atom stereocenters. The highest BCUT2D eigenvalue weighted by Gasteiger charge is 2.23. The summed E-state index contributed by atoms with van der Waals surface area (Å²) >= 11 is 0. The highest BCUT2D eigenvalue weighted by Crippen LogP contribution is 2.33. The first-order valence-electron chi connectivity index (χ1n) is 7.96. The van der Waals surface area contributed by atoms with Gasteiger partial charge in [-0.25, -0.2) is 0 Å². The minimum atomic E-state index is 0.0492. The summed E-state index contributed by atoms with van der Waals surface area (Å²) in [4.78, 5) is 0. The van der Waals surface area contributed by atoms with E-state index in [4.69, 9.17) is 0 Å². The fourth-order valence-electron chi connectivity index (χ4n) is 2.84. The van der Waals surface area contributed by atoms with E-state index in [0.717, 1.165) is 0 Å². The average Bonchev–Trinajstić information content (AvgIpc) is 2.38. The zero-order chi connectivity index (χ0) is 16.2. The van der Waals surface area contributed by atoms with E-state index in [2.05, 4.69) is 77.9 Å². The number of benzene rings is 2. The van der Waals surface area contributed by atoms with Gasteiger partial charge >= 0.3 is 0 Å². The summed E-state index contributed by atoms with van der Waals surface area (Å²) in [6.45, 7) is 17.3. The molecule has 2 rings (SSSR count). The van der Waals surface area contributed by atoms with E-state index in [9.17, 15) is 0 Å². The van der Waals surface area contributed by atoms with Crippen LogP contribution in [0.5, 0.6) is 0 Å². The third kappa shape index (κ3) is 4.20. The van der Waals surface area contributed by atoms with Gasteiger partial charge in [0.2, 0.25) is 0 Å². The van der Waals surface area contributed by atoms with Crippen LogP contribution < -0.4 is 0 Å². The van der Waals surface area contributed by atoms with Crippen molar-refractivity contribution in [2.45, 2.75) is 60.8 Å². The molecule has 0 spiro atoms. The molecule has 0 heteroatoms. The van der Waals surface area contributed by atoms with Crippen LogP contribution >= 0.6 is 0 Å². The third-order valence-electron chi connectivity index (χ3n) is 3.89. The molecule has 0 saturated carbocycles. The van der Waals surface area contributed by atoms with Crippen LogP contribution in [0.2, 0.25) is 0 Å². The molecule has 0 nitrogen and oxygen atoms in total. The van der Waals surface area contributed by atoms with Gasteiger partial charge in [-0.1, -0.05) is 86.3 Å². The Morgan fingerprint density at radius 1 is 0.524 bits per heavy atom. The minimum absolute atomic E-state index is 0.0492. The molecule has 2 aromatic rings. The van der Waals surface area contributed by atoms with Gasteiger partial charge in [0.15, 0.2) is 0 Å². The summed E-state index contributed by atoms with van der Waals surface area (Å²) in [7, 11) is 0. The van der Waals surface area contributed by atoms with Crippen LogP contribution in [0.4, 0.5) is 0 Å². The molecule has 21 heavy (non-hydrogen) atoms. The number of hydrogen-bond acceptors (Lipinski definition) is 0. The normalized spacial score (nSPS) is 10.9. The number of aryl methyl sites for hydroxylation is 4. The van der Waals surface area contributed by atoms with Crippen molar-refractivity contribution in [3.8, 4) is 0 Å². The van der Waals surface area contributed by atoms with E-state index < -0.39 is 0 Å². The van der Waals surface area contributed by atoms with Crippen molar-refractivity contribution in [3.05, 3.63) is 69.8 Å². The van der Waals surface area contributed by atoms with Gasteiger partial charge in [0, 0.05) is 5.41 Å². The second-order valence-electron chi connectivity index (χ2n) is 6.38. The molecule has 0 aliphatic rings. The lowest BCUT2D eigenvalue weighted by Crippen LogP contribution is -2.19. The van der Waals surface area contributed by atoms with E-state index in [1.54, 1.807) is 0 Å². The maximum atomic E-state index is 2.31. The first-order valence-corrected chi connectivity index (χ1v) is 7.96. The molecule has 2 aromatic carbocycles. The van der Waals surface area contributed by atoms with Gasteiger partial charge in [-0.3, -0.25) is 0 Å². The smallest absolute Gasteiger partial charge is 0.0146 e. The largest absolute Gasteiger partial charge is 0.0683 e. The van der Waals surface area contributed by atoms with Crippen molar-refractivity contribution in [3.63, 3.8) is 0 Å². The molecule has 0 aromatic heterocycles. The maximum Gasteiger partial charge on any atom is 0.0146 e.